The number of carbonyl (C=O) groups is 1. The highest BCUT2D eigenvalue weighted by atomic mass is 19.2. The smallest absolute Gasteiger partial charge is 0.313 e. The predicted octanol–water partition coefficient (Wildman–Crippen LogP) is 4.66. The highest BCUT2D eigenvalue weighted by molar-refractivity contribution is 6.08. The molecule has 9 nitrogen and oxygen atoms in total. The molecule has 224 valence electrons. The van der Waals surface area contributed by atoms with Crippen molar-refractivity contribution in [1.82, 2.24) is 19.7 Å². The first-order valence-corrected chi connectivity index (χ1v) is 13.9. The lowest BCUT2D eigenvalue weighted by Crippen LogP contribution is -2.47. The van der Waals surface area contributed by atoms with E-state index in [0.29, 0.717) is 19.0 Å². The fourth-order valence-corrected chi connectivity index (χ4v) is 4.95. The van der Waals surface area contributed by atoms with E-state index >= 15 is 0 Å². The van der Waals surface area contributed by atoms with Gasteiger partial charge in [-0.25, -0.2) is 13.8 Å². The second kappa shape index (κ2) is 12.9. The van der Waals surface area contributed by atoms with Crippen LogP contribution in [-0.2, 0) is 16.1 Å². The van der Waals surface area contributed by atoms with E-state index in [-0.39, 0.29) is 19.1 Å². The van der Waals surface area contributed by atoms with Gasteiger partial charge in [0, 0.05) is 68.0 Å². The summed E-state index contributed by atoms with van der Waals surface area (Å²) >= 11 is 0. The molecule has 2 aromatic heterocycles. The van der Waals surface area contributed by atoms with Crippen molar-refractivity contribution in [2.75, 3.05) is 56.6 Å². The molecule has 1 aliphatic rings. The Kier molecular flexibility index (Phi) is 9.07. The minimum atomic E-state index is -1.77. The van der Waals surface area contributed by atoms with Gasteiger partial charge in [0.25, 0.3) is 0 Å². The lowest BCUT2D eigenvalue weighted by Gasteiger charge is -2.36. The Balaban J connectivity index is 1.08. The summed E-state index contributed by atoms with van der Waals surface area (Å²) in [6, 6.07) is 6.27. The van der Waals surface area contributed by atoms with Gasteiger partial charge in [0.1, 0.15) is 5.52 Å². The summed E-state index contributed by atoms with van der Waals surface area (Å²) in [7, 11) is 0. The minimum Gasteiger partial charge on any atom is -0.420 e. The lowest BCUT2D eigenvalue weighted by molar-refractivity contribution is -0.136. The zero-order valence-corrected chi connectivity index (χ0v) is 23.2. The number of aryl methyl sites for hydroxylation is 1. The number of nitrogens with two attached hydrogens (primary N) is 1. The van der Waals surface area contributed by atoms with Gasteiger partial charge in [-0.05, 0) is 18.6 Å². The monoisotopic (exact) mass is 588 g/mol. The standard InChI is InChI=1S/C29H32F4N6O3/c1-2-3-7-39-17-20-19-5-4-18(15-23(19)35-29(34)27(20)36-39)38-10-8-37(9-11-38)12-14-41-13-6-24(40)42-28-25(32)21(30)16-22(31)26(28)33/h4-5,15-17H,2-3,6-14H2,1H3,(H2,34,35). The molecule has 0 aliphatic carbocycles. The highest BCUT2D eigenvalue weighted by Gasteiger charge is 2.23. The Bertz CT molecular complexity index is 1560. The van der Waals surface area contributed by atoms with Gasteiger partial charge < -0.3 is 20.1 Å². The third-order valence-electron chi connectivity index (χ3n) is 7.28. The molecule has 0 saturated carbocycles. The fraction of sp³-hybridized carbons (Fsp3) is 0.414. The highest BCUT2D eigenvalue weighted by Crippen LogP contribution is 2.30. The number of hydrogen-bond donors (Lipinski definition) is 1. The predicted molar refractivity (Wildman–Crippen MR) is 150 cm³/mol. The first-order valence-electron chi connectivity index (χ1n) is 13.9. The number of piperazine rings is 1. The molecular formula is C29H32F4N6O3. The van der Waals surface area contributed by atoms with Crippen molar-refractivity contribution in [2.24, 2.45) is 0 Å². The van der Waals surface area contributed by atoms with Crippen LogP contribution in [0.3, 0.4) is 0 Å². The van der Waals surface area contributed by atoms with Crippen LogP contribution in [0, 0.1) is 23.3 Å². The maximum atomic E-state index is 13.7. The molecule has 2 aromatic carbocycles. The summed E-state index contributed by atoms with van der Waals surface area (Å²) in [5.74, 6) is -8.87. The average Bonchev–Trinajstić information content (AvgIpc) is 3.42. The third-order valence-corrected chi connectivity index (χ3v) is 7.28. The molecule has 0 amide bonds. The fourth-order valence-electron chi connectivity index (χ4n) is 4.95. The van der Waals surface area contributed by atoms with Gasteiger partial charge in [-0.1, -0.05) is 19.4 Å². The third kappa shape index (κ3) is 6.41. The SMILES string of the molecule is CCCCn1cc2c(n1)c(N)nc1cc(N3CCN(CCOCCC(=O)Oc4c(F)c(F)cc(F)c4F)CC3)ccc12. The van der Waals surface area contributed by atoms with E-state index in [0.717, 1.165) is 73.1 Å². The number of halogens is 4. The summed E-state index contributed by atoms with van der Waals surface area (Å²) in [6.07, 6.45) is 3.83. The number of rotatable bonds is 11. The van der Waals surface area contributed by atoms with Crippen LogP contribution in [0.15, 0.2) is 30.5 Å². The van der Waals surface area contributed by atoms with Crippen LogP contribution in [0.5, 0.6) is 5.75 Å². The van der Waals surface area contributed by atoms with Crippen LogP contribution in [0.25, 0.3) is 21.8 Å². The topological polar surface area (TPSA) is 98.7 Å². The van der Waals surface area contributed by atoms with E-state index in [9.17, 15) is 22.4 Å². The van der Waals surface area contributed by atoms with Crippen molar-refractivity contribution >= 4 is 39.3 Å². The molecule has 13 heteroatoms. The van der Waals surface area contributed by atoms with E-state index < -0.39 is 35.0 Å². The Hall–Kier alpha value is -3.97. The molecule has 4 aromatic rings. The van der Waals surface area contributed by atoms with Gasteiger partial charge in [0.15, 0.2) is 17.5 Å². The normalized spacial score (nSPS) is 14.3. The first kappa shape index (κ1) is 29.5. The van der Waals surface area contributed by atoms with Crippen LogP contribution in [0.1, 0.15) is 26.2 Å². The summed E-state index contributed by atoms with van der Waals surface area (Å²) < 4.78 is 65.7. The minimum absolute atomic E-state index is 0.0440. The number of esters is 1. The number of pyridine rings is 1. The largest absolute Gasteiger partial charge is 0.420 e. The van der Waals surface area contributed by atoms with Crippen LogP contribution in [0.2, 0.25) is 0 Å². The number of nitrogens with zero attached hydrogens (tertiary/aromatic N) is 5. The molecule has 0 bridgehead atoms. The first-order chi connectivity index (χ1) is 20.2. The molecule has 1 saturated heterocycles. The van der Waals surface area contributed by atoms with E-state index in [2.05, 4.69) is 49.7 Å². The molecule has 1 fully saturated rings. The number of fused-ring (bicyclic) bond motifs is 3. The number of unbranched alkanes of at least 4 members (excludes halogenated alkanes) is 1. The second-order valence-electron chi connectivity index (χ2n) is 10.2. The summed E-state index contributed by atoms with van der Waals surface area (Å²) in [4.78, 5) is 21.0. The number of aromatic nitrogens is 3. The Morgan fingerprint density at radius 1 is 0.976 bits per heavy atom. The number of benzene rings is 2. The molecule has 0 unspecified atom stereocenters. The number of ether oxygens (including phenoxy) is 2. The number of carbonyl (C=O) groups excluding carboxylic acids is 1. The van der Waals surface area contributed by atoms with Crippen molar-refractivity contribution in [2.45, 2.75) is 32.7 Å². The average molecular weight is 589 g/mol. The molecule has 0 spiro atoms. The Labute approximate surface area is 239 Å². The second-order valence-corrected chi connectivity index (χ2v) is 10.2. The van der Waals surface area contributed by atoms with Crippen molar-refractivity contribution < 1.29 is 31.8 Å². The van der Waals surface area contributed by atoms with Gasteiger partial charge in [-0.2, -0.15) is 13.9 Å². The van der Waals surface area contributed by atoms with Crippen molar-refractivity contribution in [3.63, 3.8) is 0 Å². The maximum absolute atomic E-state index is 13.7. The number of nitrogen functional groups attached to an aromatic ring is 1. The zero-order valence-electron chi connectivity index (χ0n) is 23.2. The van der Waals surface area contributed by atoms with Crippen molar-refractivity contribution in [3.05, 3.63) is 53.7 Å². The summed E-state index contributed by atoms with van der Waals surface area (Å²) in [5.41, 5.74) is 8.87. The van der Waals surface area contributed by atoms with E-state index in [1.807, 2.05) is 10.9 Å². The van der Waals surface area contributed by atoms with E-state index in [1.165, 1.54) is 0 Å². The molecule has 1 aliphatic heterocycles. The van der Waals surface area contributed by atoms with Crippen molar-refractivity contribution in [1.29, 1.82) is 0 Å². The number of hydrogen-bond acceptors (Lipinski definition) is 8. The maximum Gasteiger partial charge on any atom is 0.313 e. The summed E-state index contributed by atoms with van der Waals surface area (Å²) in [6.45, 7) is 7.05. The van der Waals surface area contributed by atoms with Crippen LogP contribution in [0.4, 0.5) is 29.1 Å². The Morgan fingerprint density at radius 2 is 1.71 bits per heavy atom. The molecule has 5 rings (SSSR count). The molecular weight excluding hydrogens is 556 g/mol. The van der Waals surface area contributed by atoms with Crippen LogP contribution >= 0.6 is 0 Å². The van der Waals surface area contributed by atoms with E-state index in [1.54, 1.807) is 0 Å². The van der Waals surface area contributed by atoms with Gasteiger partial charge in [-0.3, -0.25) is 14.4 Å². The van der Waals surface area contributed by atoms with Crippen molar-refractivity contribution in [3.8, 4) is 5.75 Å². The molecule has 3 heterocycles. The van der Waals surface area contributed by atoms with Crippen LogP contribution < -0.4 is 15.4 Å². The molecule has 2 N–H and O–H groups in total. The van der Waals surface area contributed by atoms with E-state index in [4.69, 9.17) is 10.5 Å². The van der Waals surface area contributed by atoms with Gasteiger partial charge in [0.05, 0.1) is 25.2 Å². The zero-order chi connectivity index (χ0) is 29.8. The van der Waals surface area contributed by atoms with Gasteiger partial charge in [-0.15, -0.1) is 0 Å². The van der Waals surface area contributed by atoms with Crippen LogP contribution in [-0.4, -0.2) is 71.6 Å². The molecule has 0 radical (unpaired) electrons. The van der Waals surface area contributed by atoms with Gasteiger partial charge >= 0.3 is 5.97 Å². The molecule has 0 atom stereocenters. The summed E-state index contributed by atoms with van der Waals surface area (Å²) in [5, 5.41) is 6.64. The number of anilines is 2. The van der Waals surface area contributed by atoms with Gasteiger partial charge in [0.2, 0.25) is 17.4 Å². The Morgan fingerprint density at radius 3 is 2.43 bits per heavy atom. The lowest BCUT2D eigenvalue weighted by atomic mass is 10.1. The molecule has 42 heavy (non-hydrogen) atoms. The quantitative estimate of drug-likeness (QED) is 0.0889.